The number of rotatable bonds is 6. The molecule has 2 heterocycles. The molecule has 1 aliphatic heterocycles. The minimum absolute atomic E-state index is 0.122. The Morgan fingerprint density at radius 2 is 2.17 bits per heavy atom. The zero-order valence-corrected chi connectivity index (χ0v) is 14.1. The Morgan fingerprint density at radius 3 is 2.91 bits per heavy atom. The van der Waals surface area contributed by atoms with Crippen LogP contribution in [-0.4, -0.2) is 44.3 Å². The van der Waals surface area contributed by atoms with Gasteiger partial charge in [-0.25, -0.2) is 8.42 Å². The molecule has 1 aromatic carbocycles. The van der Waals surface area contributed by atoms with Gasteiger partial charge in [0, 0.05) is 24.5 Å². The first-order valence-corrected chi connectivity index (χ1v) is 9.49. The lowest BCUT2D eigenvalue weighted by Crippen LogP contribution is -2.29. The molecule has 23 heavy (non-hydrogen) atoms. The van der Waals surface area contributed by atoms with Gasteiger partial charge in [-0.2, -0.15) is 0 Å². The number of methoxy groups -OCH3 is 1. The SMILES string of the molecule is COc1cccc(S(=O)(=O)CCN2CCC[C@@H]2c2ccc[nH]2)c1. The fraction of sp³-hybridized carbons (Fsp3) is 0.412. The van der Waals surface area contributed by atoms with Crippen LogP contribution in [0.2, 0.25) is 0 Å². The number of ether oxygens (including phenoxy) is 1. The zero-order chi connectivity index (χ0) is 16.3. The summed E-state index contributed by atoms with van der Waals surface area (Å²) in [6.07, 6.45) is 4.08. The molecule has 3 rings (SSSR count). The summed E-state index contributed by atoms with van der Waals surface area (Å²) in [4.78, 5) is 5.83. The Bertz CT molecular complexity index is 741. The summed E-state index contributed by atoms with van der Waals surface area (Å²) in [5.41, 5.74) is 1.17. The van der Waals surface area contributed by atoms with E-state index in [0.717, 1.165) is 19.4 Å². The Kier molecular flexibility index (Phi) is 4.73. The van der Waals surface area contributed by atoms with Crippen LogP contribution in [0.15, 0.2) is 47.5 Å². The first-order valence-electron chi connectivity index (χ1n) is 7.84. The maximum atomic E-state index is 12.6. The van der Waals surface area contributed by atoms with Crippen LogP contribution in [0.5, 0.6) is 5.75 Å². The molecule has 1 N–H and O–H groups in total. The van der Waals surface area contributed by atoms with E-state index in [9.17, 15) is 8.42 Å². The van der Waals surface area contributed by atoms with Crippen molar-refractivity contribution in [3.63, 3.8) is 0 Å². The minimum atomic E-state index is -3.30. The van der Waals surface area contributed by atoms with Crippen molar-refractivity contribution in [2.45, 2.75) is 23.8 Å². The summed E-state index contributed by atoms with van der Waals surface area (Å²) in [5.74, 6) is 0.689. The molecule has 0 saturated carbocycles. The Hall–Kier alpha value is -1.79. The molecule has 1 aromatic heterocycles. The third-order valence-electron chi connectivity index (χ3n) is 4.39. The van der Waals surface area contributed by atoms with E-state index in [1.807, 2.05) is 12.3 Å². The molecule has 0 aliphatic carbocycles. The van der Waals surface area contributed by atoms with Gasteiger partial charge in [0.15, 0.2) is 9.84 Å². The van der Waals surface area contributed by atoms with Gasteiger partial charge in [0.2, 0.25) is 0 Å². The standard InChI is InChI=1S/C17H22N2O3S/c1-22-14-5-2-6-15(13-14)23(20,21)12-11-19-10-4-8-17(19)16-7-3-9-18-16/h2-3,5-7,9,13,17-18H,4,8,10-12H2,1H3/t17-/m1/s1. The first kappa shape index (κ1) is 16.1. The number of sulfone groups is 1. The lowest BCUT2D eigenvalue weighted by Gasteiger charge is -2.23. The van der Waals surface area contributed by atoms with E-state index in [0.29, 0.717) is 23.2 Å². The van der Waals surface area contributed by atoms with Crippen molar-refractivity contribution in [2.24, 2.45) is 0 Å². The Morgan fingerprint density at radius 1 is 1.30 bits per heavy atom. The zero-order valence-electron chi connectivity index (χ0n) is 13.2. The molecule has 1 fully saturated rings. The molecular formula is C17H22N2O3S. The highest BCUT2D eigenvalue weighted by Crippen LogP contribution is 2.30. The smallest absolute Gasteiger partial charge is 0.179 e. The van der Waals surface area contributed by atoms with Gasteiger partial charge in [-0.3, -0.25) is 4.90 Å². The molecule has 0 unspecified atom stereocenters. The van der Waals surface area contributed by atoms with E-state index in [1.165, 1.54) is 12.8 Å². The van der Waals surface area contributed by atoms with E-state index in [4.69, 9.17) is 4.74 Å². The highest BCUT2D eigenvalue weighted by atomic mass is 32.2. The molecule has 1 aliphatic rings. The average Bonchev–Trinajstić information content (AvgIpc) is 3.24. The van der Waals surface area contributed by atoms with Crippen LogP contribution >= 0.6 is 0 Å². The molecule has 2 aromatic rings. The maximum Gasteiger partial charge on any atom is 0.179 e. The van der Waals surface area contributed by atoms with Gasteiger partial charge < -0.3 is 9.72 Å². The molecule has 124 valence electrons. The molecule has 5 nitrogen and oxygen atoms in total. The van der Waals surface area contributed by atoms with Crippen LogP contribution in [0.1, 0.15) is 24.6 Å². The van der Waals surface area contributed by atoms with Gasteiger partial charge in [-0.15, -0.1) is 0 Å². The van der Waals surface area contributed by atoms with E-state index < -0.39 is 9.84 Å². The molecule has 0 spiro atoms. The van der Waals surface area contributed by atoms with Crippen molar-refractivity contribution in [1.82, 2.24) is 9.88 Å². The number of nitrogens with one attached hydrogen (secondary N) is 1. The number of hydrogen-bond acceptors (Lipinski definition) is 4. The van der Waals surface area contributed by atoms with E-state index in [1.54, 1.807) is 24.3 Å². The molecule has 0 bridgehead atoms. The van der Waals surface area contributed by atoms with E-state index >= 15 is 0 Å². The van der Waals surface area contributed by atoms with Crippen LogP contribution in [0.4, 0.5) is 0 Å². The Labute approximate surface area is 137 Å². The lowest BCUT2D eigenvalue weighted by atomic mass is 10.1. The summed E-state index contributed by atoms with van der Waals surface area (Å²) in [6.45, 7) is 1.49. The number of hydrogen-bond donors (Lipinski definition) is 1. The van der Waals surface area contributed by atoms with Crippen LogP contribution in [-0.2, 0) is 9.84 Å². The molecule has 0 radical (unpaired) electrons. The molecule has 1 saturated heterocycles. The second-order valence-corrected chi connectivity index (χ2v) is 7.93. The largest absolute Gasteiger partial charge is 0.497 e. The normalized spacial score (nSPS) is 19.1. The molecular weight excluding hydrogens is 312 g/mol. The summed E-state index contributed by atoms with van der Waals surface area (Å²) >= 11 is 0. The predicted molar refractivity (Wildman–Crippen MR) is 89.4 cm³/mol. The fourth-order valence-corrected chi connectivity index (χ4v) is 4.44. The summed E-state index contributed by atoms with van der Waals surface area (Å²) < 4.78 is 30.2. The highest BCUT2D eigenvalue weighted by Gasteiger charge is 2.28. The van der Waals surface area contributed by atoms with Gasteiger partial charge in [-0.05, 0) is 49.7 Å². The third-order valence-corrected chi connectivity index (χ3v) is 6.08. The number of nitrogens with zero attached hydrogens (tertiary/aromatic N) is 1. The van der Waals surface area contributed by atoms with Crippen molar-refractivity contribution in [3.8, 4) is 5.75 Å². The summed E-state index contributed by atoms with van der Waals surface area (Å²) in [6, 6.07) is 11.0. The van der Waals surface area contributed by atoms with E-state index in [-0.39, 0.29) is 5.75 Å². The van der Waals surface area contributed by atoms with Crippen molar-refractivity contribution < 1.29 is 13.2 Å². The number of aromatic nitrogens is 1. The van der Waals surface area contributed by atoms with Crippen LogP contribution in [0.25, 0.3) is 0 Å². The van der Waals surface area contributed by atoms with Gasteiger partial charge in [0.25, 0.3) is 0 Å². The van der Waals surface area contributed by atoms with Crippen LogP contribution in [0, 0.1) is 0 Å². The van der Waals surface area contributed by atoms with Gasteiger partial charge in [0.05, 0.1) is 17.8 Å². The van der Waals surface area contributed by atoms with Crippen molar-refractivity contribution >= 4 is 9.84 Å². The molecule has 0 amide bonds. The maximum absolute atomic E-state index is 12.6. The highest BCUT2D eigenvalue weighted by molar-refractivity contribution is 7.91. The number of H-pyrrole nitrogens is 1. The van der Waals surface area contributed by atoms with Crippen LogP contribution < -0.4 is 4.74 Å². The monoisotopic (exact) mass is 334 g/mol. The minimum Gasteiger partial charge on any atom is -0.497 e. The van der Waals surface area contributed by atoms with Gasteiger partial charge in [0.1, 0.15) is 5.75 Å². The second-order valence-electron chi connectivity index (χ2n) is 5.82. The first-order chi connectivity index (χ1) is 11.1. The Balaban J connectivity index is 1.69. The third kappa shape index (κ3) is 3.59. The van der Waals surface area contributed by atoms with Crippen molar-refractivity contribution in [2.75, 3.05) is 26.0 Å². The molecule has 1 atom stereocenters. The average molecular weight is 334 g/mol. The van der Waals surface area contributed by atoms with E-state index in [2.05, 4.69) is 16.0 Å². The topological polar surface area (TPSA) is 62.4 Å². The fourth-order valence-electron chi connectivity index (χ4n) is 3.15. The predicted octanol–water partition coefficient (Wildman–Crippen LogP) is 2.63. The quantitative estimate of drug-likeness (QED) is 0.882. The second kappa shape index (κ2) is 6.76. The lowest BCUT2D eigenvalue weighted by molar-refractivity contribution is 0.268. The van der Waals surface area contributed by atoms with Crippen molar-refractivity contribution in [3.05, 3.63) is 48.3 Å². The summed E-state index contributed by atoms with van der Waals surface area (Å²) in [7, 11) is -1.77. The molecule has 6 heteroatoms. The number of benzene rings is 1. The van der Waals surface area contributed by atoms with Crippen LogP contribution in [0.3, 0.4) is 0 Å². The van der Waals surface area contributed by atoms with Crippen molar-refractivity contribution in [1.29, 1.82) is 0 Å². The number of likely N-dealkylation sites (tertiary alicyclic amines) is 1. The number of aromatic amines is 1. The van der Waals surface area contributed by atoms with Gasteiger partial charge >= 0.3 is 0 Å². The van der Waals surface area contributed by atoms with Gasteiger partial charge in [-0.1, -0.05) is 6.07 Å². The summed E-state index contributed by atoms with van der Waals surface area (Å²) in [5, 5.41) is 0.